The molecule has 21 heavy (non-hydrogen) atoms. The van der Waals surface area contributed by atoms with Crippen LogP contribution in [0.1, 0.15) is 10.4 Å². The molecule has 2 aromatic rings. The van der Waals surface area contributed by atoms with Gasteiger partial charge in [-0.2, -0.15) is 8.42 Å². The van der Waals surface area contributed by atoms with Gasteiger partial charge in [0.05, 0.1) is 11.3 Å². The Morgan fingerprint density at radius 2 is 1.90 bits per heavy atom. The summed E-state index contributed by atoms with van der Waals surface area (Å²) < 4.78 is 51.9. The Labute approximate surface area is 118 Å². The molecule has 0 aliphatic carbocycles. The van der Waals surface area contributed by atoms with Crippen molar-refractivity contribution in [2.75, 3.05) is 4.72 Å². The van der Waals surface area contributed by atoms with E-state index >= 15 is 0 Å². The number of aromatic carboxylic acids is 1. The van der Waals surface area contributed by atoms with Gasteiger partial charge in [-0.1, -0.05) is 0 Å². The molecular weight excluding hydrogens is 306 g/mol. The summed E-state index contributed by atoms with van der Waals surface area (Å²) in [5.41, 5.74) is -0.637. The molecule has 0 saturated carbocycles. The number of carboxylic acid groups (broad SMARTS) is 1. The van der Waals surface area contributed by atoms with Crippen LogP contribution in [0, 0.1) is 11.6 Å². The Bertz CT molecular complexity index is 791. The maximum absolute atomic E-state index is 13.4. The minimum absolute atomic E-state index is 0.193. The maximum Gasteiger partial charge on any atom is 0.337 e. The van der Waals surface area contributed by atoms with Crippen LogP contribution >= 0.6 is 0 Å². The number of sulfonamides is 1. The number of aromatic nitrogens is 1. The van der Waals surface area contributed by atoms with Gasteiger partial charge in [0.15, 0.2) is 5.03 Å². The van der Waals surface area contributed by atoms with Crippen molar-refractivity contribution in [3.05, 3.63) is 53.7 Å². The Hall–Kier alpha value is -2.55. The minimum atomic E-state index is -4.21. The number of halogens is 2. The lowest BCUT2D eigenvalue weighted by Gasteiger charge is -2.08. The topological polar surface area (TPSA) is 96.4 Å². The van der Waals surface area contributed by atoms with E-state index in [1.54, 1.807) is 0 Å². The summed E-state index contributed by atoms with van der Waals surface area (Å²) in [6.45, 7) is 0. The third-order valence-corrected chi connectivity index (χ3v) is 3.71. The second-order valence-electron chi connectivity index (χ2n) is 3.92. The molecule has 0 unspecified atom stereocenters. The van der Waals surface area contributed by atoms with Crippen molar-refractivity contribution in [2.45, 2.75) is 5.03 Å². The second kappa shape index (κ2) is 5.44. The van der Waals surface area contributed by atoms with Gasteiger partial charge in [-0.25, -0.2) is 18.6 Å². The van der Waals surface area contributed by atoms with E-state index in [2.05, 4.69) is 4.98 Å². The number of benzene rings is 1. The number of rotatable bonds is 4. The van der Waals surface area contributed by atoms with Gasteiger partial charge >= 0.3 is 5.97 Å². The van der Waals surface area contributed by atoms with Crippen LogP contribution in [0.5, 0.6) is 0 Å². The van der Waals surface area contributed by atoms with Crippen molar-refractivity contribution in [1.29, 1.82) is 0 Å². The first-order valence-electron chi connectivity index (χ1n) is 5.47. The highest BCUT2D eigenvalue weighted by atomic mass is 32.2. The molecule has 110 valence electrons. The number of nitrogens with one attached hydrogen (secondary N) is 1. The summed E-state index contributed by atoms with van der Waals surface area (Å²) in [5.74, 6) is -3.19. The summed E-state index contributed by atoms with van der Waals surface area (Å²) in [7, 11) is -4.21. The van der Waals surface area contributed by atoms with Crippen molar-refractivity contribution in [2.24, 2.45) is 0 Å². The van der Waals surface area contributed by atoms with Crippen LogP contribution in [0.3, 0.4) is 0 Å². The molecule has 6 nitrogen and oxygen atoms in total. The van der Waals surface area contributed by atoms with E-state index in [9.17, 15) is 22.0 Å². The van der Waals surface area contributed by atoms with Gasteiger partial charge in [0.2, 0.25) is 0 Å². The Kier molecular flexibility index (Phi) is 3.85. The molecule has 0 bridgehead atoms. The highest BCUT2D eigenvalue weighted by Gasteiger charge is 2.18. The third-order valence-electron chi connectivity index (χ3n) is 2.43. The first-order valence-corrected chi connectivity index (χ1v) is 6.95. The predicted molar refractivity (Wildman–Crippen MR) is 68.4 cm³/mol. The fourth-order valence-electron chi connectivity index (χ4n) is 1.44. The van der Waals surface area contributed by atoms with Gasteiger partial charge < -0.3 is 5.11 Å². The number of pyridine rings is 1. The number of carboxylic acids is 1. The molecule has 1 aromatic carbocycles. The first kappa shape index (κ1) is 14.9. The van der Waals surface area contributed by atoms with Crippen LogP contribution < -0.4 is 4.72 Å². The minimum Gasteiger partial charge on any atom is -0.478 e. The molecule has 0 atom stereocenters. The maximum atomic E-state index is 13.4. The molecule has 0 radical (unpaired) electrons. The van der Waals surface area contributed by atoms with Crippen molar-refractivity contribution in [3.63, 3.8) is 0 Å². The van der Waals surface area contributed by atoms with E-state index in [-0.39, 0.29) is 5.56 Å². The van der Waals surface area contributed by atoms with Crippen LogP contribution in [0.4, 0.5) is 14.5 Å². The SMILES string of the molecule is O=C(O)c1ccc(S(=O)(=O)Nc2ccc(F)cc2F)nc1. The molecule has 9 heteroatoms. The largest absolute Gasteiger partial charge is 0.478 e. The van der Waals surface area contributed by atoms with Crippen LogP contribution in [0.15, 0.2) is 41.6 Å². The van der Waals surface area contributed by atoms with Crippen molar-refractivity contribution >= 4 is 21.7 Å². The van der Waals surface area contributed by atoms with E-state index in [4.69, 9.17) is 5.11 Å². The van der Waals surface area contributed by atoms with Crippen molar-refractivity contribution in [3.8, 4) is 0 Å². The number of anilines is 1. The third kappa shape index (κ3) is 3.31. The van der Waals surface area contributed by atoms with Gasteiger partial charge in [-0.05, 0) is 24.3 Å². The zero-order valence-corrected chi connectivity index (χ0v) is 11.1. The Balaban J connectivity index is 2.31. The van der Waals surface area contributed by atoms with Gasteiger partial charge in [-0.15, -0.1) is 0 Å². The van der Waals surface area contributed by atoms with E-state index in [0.717, 1.165) is 30.5 Å². The zero-order chi connectivity index (χ0) is 15.6. The van der Waals surface area contributed by atoms with Gasteiger partial charge in [0, 0.05) is 12.3 Å². The van der Waals surface area contributed by atoms with Gasteiger partial charge in [0.25, 0.3) is 10.0 Å². The van der Waals surface area contributed by atoms with E-state index in [1.807, 2.05) is 4.72 Å². The molecule has 2 rings (SSSR count). The smallest absolute Gasteiger partial charge is 0.337 e. The number of hydrogen-bond acceptors (Lipinski definition) is 4. The predicted octanol–water partition coefficient (Wildman–Crippen LogP) is 1.86. The molecule has 0 saturated heterocycles. The van der Waals surface area contributed by atoms with Crippen molar-refractivity contribution in [1.82, 2.24) is 4.98 Å². The van der Waals surface area contributed by atoms with E-state index in [1.165, 1.54) is 0 Å². The first-order chi connectivity index (χ1) is 9.79. The number of nitrogens with zero attached hydrogens (tertiary/aromatic N) is 1. The highest BCUT2D eigenvalue weighted by molar-refractivity contribution is 7.92. The average molecular weight is 314 g/mol. The van der Waals surface area contributed by atoms with E-state index < -0.39 is 38.3 Å². The molecule has 0 spiro atoms. The lowest BCUT2D eigenvalue weighted by molar-refractivity contribution is 0.0696. The van der Waals surface area contributed by atoms with Crippen molar-refractivity contribution < 1.29 is 27.1 Å². The molecule has 0 aliphatic heterocycles. The highest BCUT2D eigenvalue weighted by Crippen LogP contribution is 2.19. The molecule has 0 aliphatic rings. The lowest BCUT2D eigenvalue weighted by Crippen LogP contribution is -2.15. The molecule has 0 fully saturated rings. The molecular formula is C12H8F2N2O4S. The molecule has 0 amide bonds. The number of hydrogen-bond donors (Lipinski definition) is 2. The molecule has 1 aromatic heterocycles. The number of carbonyl (C=O) groups is 1. The van der Waals surface area contributed by atoms with Gasteiger partial charge in [0.1, 0.15) is 11.6 Å². The second-order valence-corrected chi connectivity index (χ2v) is 5.55. The fourth-order valence-corrected chi connectivity index (χ4v) is 2.43. The average Bonchev–Trinajstić information content (AvgIpc) is 2.42. The lowest BCUT2D eigenvalue weighted by atomic mass is 10.3. The summed E-state index contributed by atoms with van der Waals surface area (Å²) >= 11 is 0. The van der Waals surface area contributed by atoms with Crippen LogP contribution in [0.2, 0.25) is 0 Å². The standard InChI is InChI=1S/C12H8F2N2O4S/c13-8-2-3-10(9(14)5-8)16-21(19,20)11-4-1-7(6-15-11)12(17)18/h1-6,16H,(H,17,18). The van der Waals surface area contributed by atoms with Crippen LogP contribution in [0.25, 0.3) is 0 Å². The summed E-state index contributed by atoms with van der Waals surface area (Å²) in [6, 6.07) is 4.35. The zero-order valence-electron chi connectivity index (χ0n) is 10.2. The quantitative estimate of drug-likeness (QED) is 0.898. The van der Waals surface area contributed by atoms with Crippen LogP contribution in [-0.2, 0) is 10.0 Å². The van der Waals surface area contributed by atoms with E-state index in [0.29, 0.717) is 6.07 Å². The van der Waals surface area contributed by atoms with Gasteiger partial charge in [-0.3, -0.25) is 4.72 Å². The molecule has 1 heterocycles. The normalized spacial score (nSPS) is 11.1. The Morgan fingerprint density at radius 3 is 2.43 bits per heavy atom. The fraction of sp³-hybridized carbons (Fsp3) is 0. The summed E-state index contributed by atoms with van der Waals surface area (Å²) in [5, 5.41) is 8.20. The molecule has 2 N–H and O–H groups in total. The monoisotopic (exact) mass is 314 g/mol. The van der Waals surface area contributed by atoms with Crippen LogP contribution in [-0.4, -0.2) is 24.5 Å². The summed E-state index contributed by atoms with van der Waals surface area (Å²) in [6.07, 6.45) is 0.859. The summed E-state index contributed by atoms with van der Waals surface area (Å²) in [4.78, 5) is 14.1. The Morgan fingerprint density at radius 1 is 1.19 bits per heavy atom.